The van der Waals surface area contributed by atoms with E-state index < -0.39 is 0 Å². The molecule has 1 unspecified atom stereocenters. The maximum absolute atomic E-state index is 12.7. The molecule has 1 atom stereocenters. The van der Waals surface area contributed by atoms with Gasteiger partial charge in [-0.1, -0.05) is 37.2 Å². The maximum atomic E-state index is 12.7. The highest BCUT2D eigenvalue weighted by atomic mass is 35.5. The predicted molar refractivity (Wildman–Crippen MR) is 104 cm³/mol. The first-order valence-electron chi connectivity index (χ1n) is 8.39. The summed E-state index contributed by atoms with van der Waals surface area (Å²) in [7, 11) is 0. The lowest BCUT2D eigenvalue weighted by Crippen LogP contribution is -2.15. The predicted octanol–water partition coefficient (Wildman–Crippen LogP) is 5.21. The van der Waals surface area contributed by atoms with Crippen LogP contribution in [0.1, 0.15) is 31.1 Å². The lowest BCUT2D eigenvalue weighted by atomic mass is 10.1. The first kappa shape index (κ1) is 18.7. The molecule has 136 valence electrons. The second kappa shape index (κ2) is 8.10. The van der Waals surface area contributed by atoms with Gasteiger partial charge in [-0.2, -0.15) is 0 Å². The molecule has 0 N–H and O–H groups in total. The number of thioether (sulfide) groups is 1. The molecule has 26 heavy (non-hydrogen) atoms. The number of hydrogen-bond acceptors (Lipinski definition) is 5. The summed E-state index contributed by atoms with van der Waals surface area (Å²) in [6.07, 6.45) is 1.61. The Hall–Kier alpha value is -2.05. The number of benzene rings is 1. The van der Waals surface area contributed by atoms with Gasteiger partial charge in [0.25, 0.3) is 0 Å². The largest absolute Gasteiger partial charge is 0.461 e. The van der Waals surface area contributed by atoms with Crippen molar-refractivity contribution in [3.8, 4) is 11.6 Å². The number of hydrogen-bond donors (Lipinski definition) is 0. The summed E-state index contributed by atoms with van der Waals surface area (Å²) >= 11 is 7.30. The molecular formula is C19H20ClN3O2S. The summed E-state index contributed by atoms with van der Waals surface area (Å²) in [5.74, 6) is 1.78. The number of halogens is 1. The van der Waals surface area contributed by atoms with Crippen LogP contribution in [-0.2, 0) is 6.54 Å². The highest BCUT2D eigenvalue weighted by Crippen LogP contribution is 2.29. The van der Waals surface area contributed by atoms with Crippen molar-refractivity contribution >= 4 is 29.1 Å². The summed E-state index contributed by atoms with van der Waals surface area (Å²) in [5, 5.41) is 9.60. The standard InChI is InChI=1S/C19H20ClN3O2S/c1-12(2)11-23-18(16-5-4-10-25-16)21-22-19(23)26-13(3)17(24)14-6-8-15(20)9-7-14/h4-10,12-13H,11H2,1-3H3. The molecule has 1 aromatic carbocycles. The van der Waals surface area contributed by atoms with Crippen LogP contribution in [0.15, 0.2) is 52.2 Å². The van der Waals surface area contributed by atoms with Crippen LogP contribution < -0.4 is 0 Å². The SMILES string of the molecule is CC(C)Cn1c(SC(C)C(=O)c2ccc(Cl)cc2)nnc1-c1ccco1. The monoisotopic (exact) mass is 389 g/mol. The minimum absolute atomic E-state index is 0.0327. The first-order valence-corrected chi connectivity index (χ1v) is 9.65. The highest BCUT2D eigenvalue weighted by molar-refractivity contribution is 8.00. The van der Waals surface area contributed by atoms with Crippen LogP contribution in [0.4, 0.5) is 0 Å². The molecule has 2 heterocycles. The molecular weight excluding hydrogens is 370 g/mol. The summed E-state index contributed by atoms with van der Waals surface area (Å²) in [4.78, 5) is 12.7. The van der Waals surface area contributed by atoms with Gasteiger partial charge in [0, 0.05) is 17.1 Å². The fraction of sp³-hybridized carbons (Fsp3) is 0.316. The Morgan fingerprint density at radius 3 is 2.54 bits per heavy atom. The molecule has 0 aliphatic carbocycles. The molecule has 0 radical (unpaired) electrons. The summed E-state index contributed by atoms with van der Waals surface area (Å²) < 4.78 is 7.49. The molecule has 7 heteroatoms. The summed E-state index contributed by atoms with van der Waals surface area (Å²) in [6, 6.07) is 10.6. The molecule has 0 saturated carbocycles. The Morgan fingerprint density at radius 1 is 1.19 bits per heavy atom. The molecule has 0 amide bonds. The molecule has 3 aromatic rings. The van der Waals surface area contributed by atoms with Gasteiger partial charge in [0.2, 0.25) is 0 Å². The zero-order chi connectivity index (χ0) is 18.7. The molecule has 0 bridgehead atoms. The second-order valence-electron chi connectivity index (χ2n) is 6.42. The first-order chi connectivity index (χ1) is 12.5. The zero-order valence-corrected chi connectivity index (χ0v) is 16.4. The van der Waals surface area contributed by atoms with Gasteiger partial charge in [-0.05, 0) is 49.2 Å². The van der Waals surface area contributed by atoms with E-state index >= 15 is 0 Å². The molecule has 0 spiro atoms. The van der Waals surface area contributed by atoms with Crippen molar-refractivity contribution in [3.63, 3.8) is 0 Å². The van der Waals surface area contributed by atoms with E-state index in [1.165, 1.54) is 11.8 Å². The third-order valence-corrected chi connectivity index (χ3v) is 5.12. The van der Waals surface area contributed by atoms with Crippen molar-refractivity contribution in [1.82, 2.24) is 14.8 Å². The fourth-order valence-electron chi connectivity index (χ4n) is 2.55. The molecule has 0 saturated heterocycles. The Labute approximate surface area is 161 Å². The third-order valence-electron chi connectivity index (χ3n) is 3.79. The number of furan rings is 1. The average Bonchev–Trinajstić information content (AvgIpc) is 3.25. The van der Waals surface area contributed by atoms with Crippen LogP contribution in [0.5, 0.6) is 0 Å². The number of ketones is 1. The van der Waals surface area contributed by atoms with Crippen molar-refractivity contribution < 1.29 is 9.21 Å². The van der Waals surface area contributed by atoms with Crippen molar-refractivity contribution in [1.29, 1.82) is 0 Å². The third kappa shape index (κ3) is 4.19. The number of Topliss-reactive ketones (excluding diaryl/α,β-unsaturated/α-hetero) is 1. The van der Waals surface area contributed by atoms with E-state index in [2.05, 4.69) is 24.0 Å². The van der Waals surface area contributed by atoms with Gasteiger partial charge in [-0.15, -0.1) is 10.2 Å². The van der Waals surface area contributed by atoms with Gasteiger partial charge < -0.3 is 4.42 Å². The normalized spacial score (nSPS) is 12.5. The minimum Gasteiger partial charge on any atom is -0.461 e. The van der Waals surface area contributed by atoms with E-state index in [0.29, 0.717) is 33.2 Å². The van der Waals surface area contributed by atoms with Gasteiger partial charge in [0.15, 0.2) is 22.5 Å². The number of rotatable bonds is 7. The van der Waals surface area contributed by atoms with Crippen molar-refractivity contribution in [3.05, 3.63) is 53.2 Å². The number of aromatic nitrogens is 3. The summed E-state index contributed by atoms with van der Waals surface area (Å²) in [6.45, 7) is 6.88. The molecule has 0 aliphatic heterocycles. The number of carbonyl (C=O) groups is 1. The maximum Gasteiger partial charge on any atom is 0.200 e. The van der Waals surface area contributed by atoms with Crippen molar-refractivity contribution in [2.45, 2.75) is 37.7 Å². The Morgan fingerprint density at radius 2 is 1.92 bits per heavy atom. The van der Waals surface area contributed by atoms with E-state index in [4.69, 9.17) is 16.0 Å². The topological polar surface area (TPSA) is 60.9 Å². The Balaban J connectivity index is 1.84. The van der Waals surface area contributed by atoms with Gasteiger partial charge in [0.05, 0.1) is 11.5 Å². The van der Waals surface area contributed by atoms with Crippen LogP contribution in [0.25, 0.3) is 11.6 Å². The van der Waals surface area contributed by atoms with Crippen LogP contribution in [0, 0.1) is 5.92 Å². The second-order valence-corrected chi connectivity index (χ2v) is 8.16. The van der Waals surface area contributed by atoms with Crippen molar-refractivity contribution in [2.75, 3.05) is 0 Å². The smallest absolute Gasteiger partial charge is 0.200 e. The molecule has 5 nitrogen and oxygen atoms in total. The number of carbonyl (C=O) groups excluding carboxylic acids is 1. The lowest BCUT2D eigenvalue weighted by molar-refractivity contribution is 0.0994. The molecule has 0 aliphatic rings. The van der Waals surface area contributed by atoms with E-state index in [1.54, 1.807) is 30.5 Å². The zero-order valence-electron chi connectivity index (χ0n) is 14.8. The Bertz CT molecular complexity index is 873. The van der Waals surface area contributed by atoms with Crippen LogP contribution >= 0.6 is 23.4 Å². The van der Waals surface area contributed by atoms with E-state index in [-0.39, 0.29) is 11.0 Å². The lowest BCUT2D eigenvalue weighted by Gasteiger charge is -2.14. The molecule has 0 fully saturated rings. The van der Waals surface area contributed by atoms with Gasteiger partial charge in [0.1, 0.15) is 0 Å². The van der Waals surface area contributed by atoms with Crippen LogP contribution in [0.3, 0.4) is 0 Å². The average molecular weight is 390 g/mol. The number of nitrogens with zero attached hydrogens (tertiary/aromatic N) is 3. The minimum atomic E-state index is -0.296. The van der Waals surface area contributed by atoms with Crippen molar-refractivity contribution in [2.24, 2.45) is 5.92 Å². The summed E-state index contributed by atoms with van der Waals surface area (Å²) in [5.41, 5.74) is 0.635. The highest BCUT2D eigenvalue weighted by Gasteiger charge is 2.23. The van der Waals surface area contributed by atoms with Crippen LogP contribution in [-0.4, -0.2) is 25.8 Å². The van der Waals surface area contributed by atoms with Gasteiger partial charge in [-0.3, -0.25) is 9.36 Å². The van der Waals surface area contributed by atoms with E-state index in [9.17, 15) is 4.79 Å². The van der Waals surface area contributed by atoms with Crippen LogP contribution in [0.2, 0.25) is 5.02 Å². The fourth-order valence-corrected chi connectivity index (χ4v) is 3.62. The van der Waals surface area contributed by atoms with E-state index in [0.717, 1.165) is 6.54 Å². The van der Waals surface area contributed by atoms with Gasteiger partial charge >= 0.3 is 0 Å². The molecule has 3 rings (SSSR count). The van der Waals surface area contributed by atoms with E-state index in [1.807, 2.05) is 23.6 Å². The van der Waals surface area contributed by atoms with Gasteiger partial charge in [-0.25, -0.2) is 0 Å². The quantitative estimate of drug-likeness (QED) is 0.410. The Kier molecular flexibility index (Phi) is 5.84. The molecule has 2 aromatic heterocycles.